The summed E-state index contributed by atoms with van der Waals surface area (Å²) in [5.41, 5.74) is 0.278. The molecule has 0 saturated heterocycles. The van der Waals surface area contributed by atoms with Crippen LogP contribution in [0.1, 0.15) is 52.4 Å². The molecule has 1 saturated carbocycles. The normalized spacial score (nSPS) is 20.2. The smallest absolute Gasteiger partial charge is 0.390 e. The summed E-state index contributed by atoms with van der Waals surface area (Å²) in [6.45, 7) is 4.96. The van der Waals surface area contributed by atoms with Crippen LogP contribution in [0.15, 0.2) is 0 Å². The van der Waals surface area contributed by atoms with Crippen molar-refractivity contribution in [1.29, 1.82) is 0 Å². The zero-order valence-electron chi connectivity index (χ0n) is 10.00. The number of hydrogen-bond donors (Lipinski definition) is 1. The van der Waals surface area contributed by atoms with Gasteiger partial charge in [0.1, 0.15) is 0 Å². The molecule has 90 valence electrons. The van der Waals surface area contributed by atoms with E-state index in [0.29, 0.717) is 13.2 Å². The van der Waals surface area contributed by atoms with Gasteiger partial charge < -0.3 is 13.6 Å². The predicted octanol–water partition coefficient (Wildman–Crippen LogP) is 2.72. The molecule has 1 N–H and O–H groups in total. The van der Waals surface area contributed by atoms with E-state index in [1.807, 2.05) is 13.8 Å². The summed E-state index contributed by atoms with van der Waals surface area (Å²) in [6, 6.07) is 0. The molecule has 1 fully saturated rings. The highest BCUT2D eigenvalue weighted by atomic mass is 28.4. The zero-order valence-corrected chi connectivity index (χ0v) is 11.0. The third-order valence-electron chi connectivity index (χ3n) is 3.07. The summed E-state index contributed by atoms with van der Waals surface area (Å²) in [4.78, 5) is 10.5. The Bertz CT molecular complexity index is 161. The van der Waals surface area contributed by atoms with Crippen LogP contribution >= 0.6 is 0 Å². The van der Waals surface area contributed by atoms with Gasteiger partial charge in [-0.2, -0.15) is 0 Å². The molecule has 0 unspecified atom stereocenters. The van der Waals surface area contributed by atoms with Crippen LogP contribution in [0, 0.1) is 0 Å². The van der Waals surface area contributed by atoms with Crippen LogP contribution in [-0.4, -0.2) is 26.8 Å². The minimum Gasteiger partial charge on any atom is -0.390 e. The SMILES string of the molecule is CCO[Si](O)(OCC)C1CCCCCC1. The molecule has 1 aliphatic rings. The van der Waals surface area contributed by atoms with E-state index in [2.05, 4.69) is 0 Å². The van der Waals surface area contributed by atoms with Crippen LogP contribution in [-0.2, 0) is 8.85 Å². The lowest BCUT2D eigenvalue weighted by molar-refractivity contribution is 0.0942. The van der Waals surface area contributed by atoms with Crippen molar-refractivity contribution in [2.75, 3.05) is 13.2 Å². The second kappa shape index (κ2) is 6.63. The minimum absolute atomic E-state index is 0.278. The van der Waals surface area contributed by atoms with Crippen LogP contribution < -0.4 is 0 Å². The van der Waals surface area contributed by atoms with Gasteiger partial charge in [-0.3, -0.25) is 0 Å². The van der Waals surface area contributed by atoms with E-state index < -0.39 is 8.80 Å². The van der Waals surface area contributed by atoms with E-state index >= 15 is 0 Å². The van der Waals surface area contributed by atoms with E-state index in [0.717, 1.165) is 12.8 Å². The van der Waals surface area contributed by atoms with E-state index in [4.69, 9.17) is 8.85 Å². The van der Waals surface area contributed by atoms with Crippen molar-refractivity contribution < 1.29 is 13.6 Å². The van der Waals surface area contributed by atoms with Crippen molar-refractivity contribution in [2.24, 2.45) is 0 Å². The molecule has 0 radical (unpaired) electrons. The second-order valence-electron chi connectivity index (χ2n) is 4.19. The summed E-state index contributed by atoms with van der Waals surface area (Å²) >= 11 is 0. The molecule has 0 aromatic carbocycles. The molecule has 1 aliphatic carbocycles. The molecule has 0 bridgehead atoms. The lowest BCUT2D eigenvalue weighted by atomic mass is 10.2. The molecule has 4 heteroatoms. The molecule has 0 heterocycles. The highest BCUT2D eigenvalue weighted by Gasteiger charge is 2.45. The lowest BCUT2D eigenvalue weighted by Gasteiger charge is -2.30. The zero-order chi connectivity index (χ0) is 11.1. The van der Waals surface area contributed by atoms with Gasteiger partial charge in [-0.15, -0.1) is 0 Å². The number of rotatable bonds is 5. The van der Waals surface area contributed by atoms with Crippen molar-refractivity contribution in [3.63, 3.8) is 0 Å². The van der Waals surface area contributed by atoms with Crippen LogP contribution in [0.25, 0.3) is 0 Å². The first-order valence-electron chi connectivity index (χ1n) is 6.23. The third kappa shape index (κ3) is 3.87. The van der Waals surface area contributed by atoms with Crippen molar-refractivity contribution >= 4 is 8.80 Å². The highest BCUT2D eigenvalue weighted by Crippen LogP contribution is 2.35. The maximum absolute atomic E-state index is 10.5. The fraction of sp³-hybridized carbons (Fsp3) is 1.00. The van der Waals surface area contributed by atoms with Crippen molar-refractivity contribution in [3.05, 3.63) is 0 Å². The van der Waals surface area contributed by atoms with Gasteiger partial charge in [0.15, 0.2) is 0 Å². The van der Waals surface area contributed by atoms with Crippen LogP contribution in [0.2, 0.25) is 5.54 Å². The molecule has 0 atom stereocenters. The van der Waals surface area contributed by atoms with Gasteiger partial charge in [0.25, 0.3) is 0 Å². The van der Waals surface area contributed by atoms with Gasteiger partial charge >= 0.3 is 8.80 Å². The average molecular weight is 232 g/mol. The molecule has 3 nitrogen and oxygen atoms in total. The minimum atomic E-state index is -2.88. The van der Waals surface area contributed by atoms with E-state index in [-0.39, 0.29) is 5.54 Å². The molecule has 0 aromatic rings. The van der Waals surface area contributed by atoms with E-state index in [1.54, 1.807) is 0 Å². The predicted molar refractivity (Wildman–Crippen MR) is 62.7 cm³/mol. The first kappa shape index (κ1) is 13.2. The van der Waals surface area contributed by atoms with Crippen LogP contribution in [0.4, 0.5) is 0 Å². The van der Waals surface area contributed by atoms with Gasteiger partial charge in [0.2, 0.25) is 0 Å². The van der Waals surface area contributed by atoms with E-state index in [9.17, 15) is 4.80 Å². The van der Waals surface area contributed by atoms with Crippen LogP contribution in [0.5, 0.6) is 0 Å². The van der Waals surface area contributed by atoms with Gasteiger partial charge in [-0.1, -0.05) is 25.7 Å². The molecular weight excluding hydrogens is 208 g/mol. The van der Waals surface area contributed by atoms with Crippen molar-refractivity contribution in [3.8, 4) is 0 Å². The topological polar surface area (TPSA) is 38.7 Å². The molecule has 0 aliphatic heterocycles. The van der Waals surface area contributed by atoms with Gasteiger partial charge in [-0.05, 0) is 26.7 Å². The third-order valence-corrected chi connectivity index (χ3v) is 6.09. The molecule has 0 aromatic heterocycles. The van der Waals surface area contributed by atoms with Gasteiger partial charge in [-0.25, -0.2) is 0 Å². The molecule has 0 spiro atoms. The van der Waals surface area contributed by atoms with Crippen molar-refractivity contribution in [1.82, 2.24) is 0 Å². The summed E-state index contributed by atoms with van der Waals surface area (Å²) in [7, 11) is -2.88. The Hall–Kier alpha value is 0.0969. The molecule has 1 rings (SSSR count). The average Bonchev–Trinajstić information content (AvgIpc) is 2.46. The Kier molecular flexibility index (Phi) is 5.82. The summed E-state index contributed by atoms with van der Waals surface area (Å²) in [6.07, 6.45) is 7.14. The van der Waals surface area contributed by atoms with Gasteiger partial charge in [0, 0.05) is 18.8 Å². The monoisotopic (exact) mass is 232 g/mol. The Labute approximate surface area is 94.2 Å². The Morgan fingerprint density at radius 2 is 1.47 bits per heavy atom. The van der Waals surface area contributed by atoms with Crippen molar-refractivity contribution in [2.45, 2.75) is 57.9 Å². The molecule has 0 amide bonds. The summed E-state index contributed by atoms with van der Waals surface area (Å²) in [5.74, 6) is 0. The summed E-state index contributed by atoms with van der Waals surface area (Å²) in [5, 5.41) is 0. The molecule has 15 heavy (non-hydrogen) atoms. The Balaban J connectivity index is 2.58. The maximum Gasteiger partial charge on any atom is 0.501 e. The number of hydrogen-bond acceptors (Lipinski definition) is 3. The highest BCUT2D eigenvalue weighted by molar-refractivity contribution is 6.61. The maximum atomic E-state index is 10.5. The first-order valence-corrected chi connectivity index (χ1v) is 8.07. The Morgan fingerprint density at radius 1 is 1.00 bits per heavy atom. The lowest BCUT2D eigenvalue weighted by Crippen LogP contribution is -2.47. The van der Waals surface area contributed by atoms with Crippen LogP contribution in [0.3, 0.4) is 0 Å². The van der Waals surface area contributed by atoms with Gasteiger partial charge in [0.05, 0.1) is 0 Å². The standard InChI is InChI=1S/C11H24O3Si/c1-3-13-15(12,14-4-2)11-9-7-5-6-8-10-11/h11-12H,3-10H2,1-2H3. The molecular formula is C11H24O3Si. The quantitative estimate of drug-likeness (QED) is 0.585. The summed E-state index contributed by atoms with van der Waals surface area (Å²) < 4.78 is 11.1. The second-order valence-corrected chi connectivity index (χ2v) is 6.84. The Morgan fingerprint density at radius 3 is 1.87 bits per heavy atom. The fourth-order valence-electron chi connectivity index (χ4n) is 2.34. The largest absolute Gasteiger partial charge is 0.501 e. The first-order chi connectivity index (χ1) is 7.23. The fourth-order valence-corrected chi connectivity index (χ4v) is 4.85. The van der Waals surface area contributed by atoms with E-state index in [1.165, 1.54) is 25.7 Å².